The van der Waals surface area contributed by atoms with E-state index in [0.29, 0.717) is 0 Å². The smallest absolute Gasteiger partial charge is 0.262 e. The monoisotopic (exact) mass is 278 g/mol. The lowest BCUT2D eigenvalue weighted by Crippen LogP contribution is -2.32. The van der Waals surface area contributed by atoms with Gasteiger partial charge < -0.3 is 0 Å². The molecule has 3 nitrogen and oxygen atoms in total. The van der Waals surface area contributed by atoms with E-state index >= 15 is 0 Å². The van der Waals surface area contributed by atoms with E-state index < -0.39 is 17.8 Å². The van der Waals surface area contributed by atoms with Crippen LogP contribution in [0.2, 0.25) is 0 Å². The first-order valence-electron chi connectivity index (χ1n) is 6.46. The molecule has 1 atom stereocenters. The van der Waals surface area contributed by atoms with Crippen molar-refractivity contribution in [3.8, 4) is 6.07 Å². The van der Waals surface area contributed by atoms with Crippen LogP contribution in [-0.2, 0) is 0 Å². The van der Waals surface area contributed by atoms with Crippen LogP contribution in [0.4, 0.5) is 4.39 Å². The number of hydrogen-bond donors (Lipinski definition) is 0. The molecular formula is C17H11FN2O. The summed E-state index contributed by atoms with van der Waals surface area (Å²) in [6, 6.07) is 14.5. The van der Waals surface area contributed by atoms with Crippen molar-refractivity contribution < 1.29 is 9.18 Å². The minimum absolute atomic E-state index is 0.0400. The Morgan fingerprint density at radius 1 is 1.14 bits per heavy atom. The van der Waals surface area contributed by atoms with Crippen molar-refractivity contribution in [1.82, 2.24) is 4.90 Å². The molecule has 0 bridgehead atoms. The molecule has 1 amide bonds. The lowest BCUT2D eigenvalue weighted by Gasteiger charge is -2.28. The summed E-state index contributed by atoms with van der Waals surface area (Å²) in [5, 5.41) is 9.40. The Kier molecular flexibility index (Phi) is 3.25. The Labute approximate surface area is 121 Å². The molecule has 3 rings (SSSR count). The van der Waals surface area contributed by atoms with Crippen molar-refractivity contribution in [3.63, 3.8) is 0 Å². The Morgan fingerprint density at radius 3 is 2.62 bits per heavy atom. The van der Waals surface area contributed by atoms with Gasteiger partial charge in [-0.3, -0.25) is 9.69 Å². The van der Waals surface area contributed by atoms with Crippen LogP contribution in [0.3, 0.4) is 0 Å². The van der Waals surface area contributed by atoms with Crippen LogP contribution in [-0.4, -0.2) is 10.8 Å². The van der Waals surface area contributed by atoms with Gasteiger partial charge in [0.1, 0.15) is 11.9 Å². The standard InChI is InChI=1S/C17H11FN2O/c18-15-8-4-3-7-14(15)17(21)20-10-9-12-5-1-2-6-13(12)16(20)11-19/h1-10,16H. The molecule has 0 saturated carbocycles. The predicted octanol–water partition coefficient (Wildman–Crippen LogP) is 3.52. The highest BCUT2D eigenvalue weighted by Crippen LogP contribution is 2.31. The number of rotatable bonds is 1. The third-order valence-corrected chi connectivity index (χ3v) is 3.44. The summed E-state index contributed by atoms with van der Waals surface area (Å²) in [5.74, 6) is -1.11. The summed E-state index contributed by atoms with van der Waals surface area (Å²) in [5.41, 5.74) is 1.59. The molecule has 1 aliphatic rings. The van der Waals surface area contributed by atoms with Gasteiger partial charge in [-0.05, 0) is 29.3 Å². The van der Waals surface area contributed by atoms with Gasteiger partial charge in [-0.1, -0.05) is 36.4 Å². The number of amides is 1. The first-order chi connectivity index (χ1) is 10.2. The molecule has 1 heterocycles. The van der Waals surface area contributed by atoms with Gasteiger partial charge in [0.25, 0.3) is 5.91 Å². The zero-order valence-corrected chi connectivity index (χ0v) is 11.0. The van der Waals surface area contributed by atoms with Crippen LogP contribution in [0.25, 0.3) is 6.08 Å². The van der Waals surface area contributed by atoms with Gasteiger partial charge in [0.15, 0.2) is 0 Å². The molecule has 0 N–H and O–H groups in total. The molecule has 1 aliphatic heterocycles. The number of hydrogen-bond acceptors (Lipinski definition) is 2. The van der Waals surface area contributed by atoms with Crippen LogP contribution in [0.5, 0.6) is 0 Å². The average molecular weight is 278 g/mol. The van der Waals surface area contributed by atoms with Crippen molar-refractivity contribution >= 4 is 12.0 Å². The lowest BCUT2D eigenvalue weighted by atomic mass is 9.96. The van der Waals surface area contributed by atoms with Crippen molar-refractivity contribution in [3.05, 3.63) is 77.2 Å². The molecule has 1 unspecified atom stereocenters. The van der Waals surface area contributed by atoms with Gasteiger partial charge in [-0.25, -0.2) is 4.39 Å². The number of carbonyl (C=O) groups excluding carboxylic acids is 1. The molecular weight excluding hydrogens is 267 g/mol. The van der Waals surface area contributed by atoms with E-state index in [2.05, 4.69) is 6.07 Å². The van der Waals surface area contributed by atoms with Crippen LogP contribution in [0.15, 0.2) is 54.7 Å². The van der Waals surface area contributed by atoms with Gasteiger partial charge in [0.05, 0.1) is 11.6 Å². The summed E-state index contributed by atoms with van der Waals surface area (Å²) in [6.45, 7) is 0. The number of fused-ring (bicyclic) bond motifs is 1. The summed E-state index contributed by atoms with van der Waals surface area (Å²) in [7, 11) is 0. The van der Waals surface area contributed by atoms with E-state index in [9.17, 15) is 14.4 Å². The van der Waals surface area contributed by atoms with E-state index in [0.717, 1.165) is 11.1 Å². The number of benzene rings is 2. The van der Waals surface area contributed by atoms with Crippen LogP contribution >= 0.6 is 0 Å². The lowest BCUT2D eigenvalue weighted by molar-refractivity contribution is 0.0789. The molecule has 4 heteroatoms. The number of nitriles is 1. The number of halogens is 1. The van der Waals surface area contributed by atoms with Gasteiger partial charge in [-0.15, -0.1) is 0 Å². The Balaban J connectivity index is 2.03. The molecule has 102 valence electrons. The van der Waals surface area contributed by atoms with Crippen LogP contribution in [0, 0.1) is 17.1 Å². The molecule has 0 saturated heterocycles. The Morgan fingerprint density at radius 2 is 1.86 bits per heavy atom. The minimum atomic E-state index is -0.752. The third kappa shape index (κ3) is 2.19. The van der Waals surface area contributed by atoms with Gasteiger partial charge in [0.2, 0.25) is 0 Å². The van der Waals surface area contributed by atoms with Gasteiger partial charge in [-0.2, -0.15) is 5.26 Å². The molecule has 0 radical (unpaired) electrons. The SMILES string of the molecule is N#CC1c2ccccc2C=CN1C(=O)c1ccccc1F. The molecule has 2 aromatic carbocycles. The molecule has 0 aliphatic carbocycles. The van der Waals surface area contributed by atoms with Gasteiger partial charge in [0, 0.05) is 6.20 Å². The fourth-order valence-corrected chi connectivity index (χ4v) is 2.40. The highest BCUT2D eigenvalue weighted by molar-refractivity contribution is 5.96. The highest BCUT2D eigenvalue weighted by atomic mass is 19.1. The first kappa shape index (κ1) is 13.1. The molecule has 0 spiro atoms. The van der Waals surface area contributed by atoms with Crippen molar-refractivity contribution in [2.24, 2.45) is 0 Å². The predicted molar refractivity (Wildman–Crippen MR) is 76.4 cm³/mol. The van der Waals surface area contributed by atoms with E-state index in [4.69, 9.17) is 0 Å². The largest absolute Gasteiger partial charge is 0.294 e. The van der Waals surface area contributed by atoms with Crippen LogP contribution < -0.4 is 0 Å². The molecule has 2 aromatic rings. The fraction of sp³-hybridized carbons (Fsp3) is 0.0588. The number of nitrogens with zero attached hydrogens (tertiary/aromatic N) is 2. The van der Waals surface area contributed by atoms with Crippen molar-refractivity contribution in [1.29, 1.82) is 5.26 Å². The Bertz CT molecular complexity index is 776. The fourth-order valence-electron chi connectivity index (χ4n) is 2.40. The molecule has 0 aromatic heterocycles. The maximum Gasteiger partial charge on any atom is 0.262 e. The quantitative estimate of drug-likeness (QED) is 0.801. The van der Waals surface area contributed by atoms with E-state index in [1.165, 1.54) is 29.3 Å². The zero-order chi connectivity index (χ0) is 14.8. The molecule has 0 fully saturated rings. The maximum atomic E-state index is 13.8. The maximum absolute atomic E-state index is 13.8. The second-order valence-electron chi connectivity index (χ2n) is 4.67. The second kappa shape index (κ2) is 5.22. The summed E-state index contributed by atoms with van der Waals surface area (Å²) in [6.07, 6.45) is 3.28. The Hall–Kier alpha value is -2.93. The highest BCUT2D eigenvalue weighted by Gasteiger charge is 2.29. The van der Waals surface area contributed by atoms with Crippen LogP contribution in [0.1, 0.15) is 27.5 Å². The third-order valence-electron chi connectivity index (χ3n) is 3.44. The number of carbonyl (C=O) groups is 1. The van der Waals surface area contributed by atoms with Gasteiger partial charge >= 0.3 is 0 Å². The van der Waals surface area contributed by atoms with Crippen molar-refractivity contribution in [2.75, 3.05) is 0 Å². The average Bonchev–Trinajstić information content (AvgIpc) is 2.53. The molecule has 21 heavy (non-hydrogen) atoms. The van der Waals surface area contributed by atoms with E-state index in [1.54, 1.807) is 18.2 Å². The minimum Gasteiger partial charge on any atom is -0.294 e. The van der Waals surface area contributed by atoms with E-state index in [1.807, 2.05) is 18.2 Å². The zero-order valence-electron chi connectivity index (χ0n) is 11.0. The normalized spacial score (nSPS) is 16.2. The summed E-state index contributed by atoms with van der Waals surface area (Å²) < 4.78 is 13.8. The first-order valence-corrected chi connectivity index (χ1v) is 6.46. The van der Waals surface area contributed by atoms with E-state index in [-0.39, 0.29) is 5.56 Å². The topological polar surface area (TPSA) is 44.1 Å². The summed E-state index contributed by atoms with van der Waals surface area (Å²) in [4.78, 5) is 13.7. The summed E-state index contributed by atoms with van der Waals surface area (Å²) >= 11 is 0. The second-order valence-corrected chi connectivity index (χ2v) is 4.67. The van der Waals surface area contributed by atoms with Crippen molar-refractivity contribution in [2.45, 2.75) is 6.04 Å².